The Morgan fingerprint density at radius 3 is 1.97 bits per heavy atom. The lowest BCUT2D eigenvalue weighted by Gasteiger charge is -2.25. The van der Waals surface area contributed by atoms with Gasteiger partial charge in [-0.3, -0.25) is 4.79 Å². The number of nitrogens with zero attached hydrogens (tertiary/aromatic N) is 1. The van der Waals surface area contributed by atoms with E-state index >= 15 is 0 Å². The van der Waals surface area contributed by atoms with Gasteiger partial charge in [-0.1, -0.05) is 30.3 Å². The summed E-state index contributed by atoms with van der Waals surface area (Å²) in [6.45, 7) is 4.41. The number of esters is 2. The van der Waals surface area contributed by atoms with Gasteiger partial charge in [0.05, 0.1) is 30.9 Å². The van der Waals surface area contributed by atoms with Crippen LogP contribution in [0.5, 0.6) is 0 Å². The van der Waals surface area contributed by atoms with Crippen molar-refractivity contribution < 1.29 is 23.9 Å². The number of carbonyl (C=O) groups is 3. The van der Waals surface area contributed by atoms with Crippen LogP contribution in [-0.2, 0) is 14.3 Å². The highest BCUT2D eigenvalue weighted by atomic mass is 16.5. The Morgan fingerprint density at radius 2 is 1.47 bits per heavy atom. The molecule has 0 spiro atoms. The van der Waals surface area contributed by atoms with Crippen molar-refractivity contribution in [2.45, 2.75) is 19.9 Å². The number of likely N-dealkylation sites (N-methyl/N-ethyl adjacent to an activating group) is 1. The third-order valence-corrected chi connectivity index (χ3v) is 4.67. The van der Waals surface area contributed by atoms with E-state index < -0.39 is 11.9 Å². The molecule has 2 rings (SSSR count). The highest BCUT2D eigenvalue weighted by Crippen LogP contribution is 2.18. The number of carbonyl (C=O) groups excluding carboxylic acids is 3. The van der Waals surface area contributed by atoms with Crippen LogP contribution in [-0.4, -0.2) is 63.1 Å². The molecule has 0 radical (unpaired) electrons. The molecular weight excluding hydrogens is 410 g/mol. The zero-order valence-corrected chi connectivity index (χ0v) is 19.0. The van der Waals surface area contributed by atoms with E-state index in [1.54, 1.807) is 13.8 Å². The Balaban J connectivity index is 2.05. The maximum atomic E-state index is 12.5. The summed E-state index contributed by atoms with van der Waals surface area (Å²) in [6.07, 6.45) is 0. The number of nitrogens with one attached hydrogen (secondary N) is 2. The lowest BCUT2D eigenvalue weighted by atomic mass is 10.1. The number of ether oxygens (including phenoxy) is 2. The summed E-state index contributed by atoms with van der Waals surface area (Å²) in [7, 11) is 3.97. The second-order valence-corrected chi connectivity index (χ2v) is 7.31. The summed E-state index contributed by atoms with van der Waals surface area (Å²) in [6, 6.07) is 14.5. The van der Waals surface area contributed by atoms with E-state index in [9.17, 15) is 14.4 Å². The van der Waals surface area contributed by atoms with Crippen molar-refractivity contribution in [3.8, 4) is 0 Å². The van der Waals surface area contributed by atoms with E-state index in [4.69, 9.17) is 9.47 Å². The van der Waals surface area contributed by atoms with Crippen LogP contribution >= 0.6 is 0 Å². The maximum absolute atomic E-state index is 12.5. The summed E-state index contributed by atoms with van der Waals surface area (Å²) in [5.74, 6) is -1.46. The molecule has 2 N–H and O–H groups in total. The van der Waals surface area contributed by atoms with Crippen molar-refractivity contribution >= 4 is 23.5 Å². The van der Waals surface area contributed by atoms with Gasteiger partial charge in [-0.05, 0) is 51.7 Å². The molecule has 8 nitrogen and oxygen atoms in total. The Bertz CT molecular complexity index is 879. The second-order valence-electron chi connectivity index (χ2n) is 7.31. The van der Waals surface area contributed by atoms with Crippen LogP contribution in [0.3, 0.4) is 0 Å². The monoisotopic (exact) mass is 441 g/mol. The molecule has 0 bridgehead atoms. The van der Waals surface area contributed by atoms with Crippen LogP contribution in [0.25, 0.3) is 0 Å². The molecule has 1 amide bonds. The Kier molecular flexibility index (Phi) is 9.84. The summed E-state index contributed by atoms with van der Waals surface area (Å²) in [4.78, 5) is 38.9. The van der Waals surface area contributed by atoms with Crippen LogP contribution in [0.15, 0.2) is 48.5 Å². The van der Waals surface area contributed by atoms with E-state index in [2.05, 4.69) is 15.5 Å². The minimum atomic E-state index is -0.580. The highest BCUT2D eigenvalue weighted by molar-refractivity contribution is 5.99. The third-order valence-electron chi connectivity index (χ3n) is 4.67. The van der Waals surface area contributed by atoms with Gasteiger partial charge in [0.25, 0.3) is 0 Å². The molecule has 0 unspecified atom stereocenters. The SMILES string of the molecule is CCOC(=O)c1cc(NC(=O)CNC[C@H](c2ccccc2)N(C)C)cc(C(=O)OCC)c1. The van der Waals surface area contributed by atoms with Crippen molar-refractivity contribution in [3.05, 3.63) is 65.2 Å². The summed E-state index contributed by atoms with van der Waals surface area (Å²) >= 11 is 0. The number of anilines is 1. The average molecular weight is 442 g/mol. The minimum absolute atomic E-state index is 0.0650. The summed E-state index contributed by atoms with van der Waals surface area (Å²) in [5.41, 5.74) is 1.79. The number of hydrogen-bond donors (Lipinski definition) is 2. The van der Waals surface area contributed by atoms with E-state index in [1.165, 1.54) is 18.2 Å². The zero-order valence-electron chi connectivity index (χ0n) is 19.0. The van der Waals surface area contributed by atoms with Crippen LogP contribution in [0.2, 0.25) is 0 Å². The summed E-state index contributed by atoms with van der Waals surface area (Å²) < 4.78 is 10.0. The van der Waals surface area contributed by atoms with Crippen LogP contribution in [0.4, 0.5) is 5.69 Å². The molecule has 2 aromatic rings. The molecule has 0 heterocycles. The normalized spacial score (nSPS) is 11.7. The predicted octanol–water partition coefficient (Wildman–Crippen LogP) is 2.87. The third kappa shape index (κ3) is 7.47. The van der Waals surface area contributed by atoms with Gasteiger partial charge in [-0.2, -0.15) is 0 Å². The first kappa shape index (κ1) is 25.0. The molecule has 0 aliphatic heterocycles. The van der Waals surface area contributed by atoms with Crippen molar-refractivity contribution in [2.24, 2.45) is 0 Å². The van der Waals surface area contributed by atoms with Gasteiger partial charge >= 0.3 is 11.9 Å². The first-order valence-corrected chi connectivity index (χ1v) is 10.6. The maximum Gasteiger partial charge on any atom is 0.338 e. The Labute approximate surface area is 188 Å². The molecule has 0 aliphatic carbocycles. The van der Waals surface area contributed by atoms with Crippen molar-refractivity contribution in [1.82, 2.24) is 10.2 Å². The molecular formula is C24H31N3O5. The standard InChI is InChI=1S/C24H31N3O5/c1-5-31-23(29)18-12-19(24(30)32-6-2)14-20(13-18)26-22(28)16-25-15-21(27(3)4)17-10-8-7-9-11-17/h7-14,21,25H,5-6,15-16H2,1-4H3,(H,26,28)/t21-/m1/s1. The molecule has 172 valence electrons. The van der Waals surface area contributed by atoms with Gasteiger partial charge in [0.15, 0.2) is 0 Å². The molecule has 0 fully saturated rings. The molecule has 32 heavy (non-hydrogen) atoms. The summed E-state index contributed by atoms with van der Waals surface area (Å²) in [5, 5.41) is 5.89. The number of rotatable bonds is 11. The molecule has 0 saturated heterocycles. The predicted molar refractivity (Wildman–Crippen MR) is 123 cm³/mol. The smallest absolute Gasteiger partial charge is 0.338 e. The lowest BCUT2D eigenvalue weighted by Crippen LogP contribution is -2.35. The van der Waals surface area contributed by atoms with Crippen LogP contribution in [0, 0.1) is 0 Å². The molecule has 0 saturated carbocycles. The van der Waals surface area contributed by atoms with Gasteiger partial charge in [0, 0.05) is 18.3 Å². The van der Waals surface area contributed by atoms with E-state index in [1.807, 2.05) is 44.4 Å². The van der Waals surface area contributed by atoms with Crippen molar-refractivity contribution in [3.63, 3.8) is 0 Å². The molecule has 8 heteroatoms. The van der Waals surface area contributed by atoms with E-state index in [0.717, 1.165) is 5.56 Å². The fourth-order valence-corrected chi connectivity index (χ4v) is 3.17. The number of benzene rings is 2. The van der Waals surface area contributed by atoms with E-state index in [-0.39, 0.29) is 42.8 Å². The fourth-order valence-electron chi connectivity index (χ4n) is 3.17. The number of amides is 1. The highest BCUT2D eigenvalue weighted by Gasteiger charge is 2.17. The van der Waals surface area contributed by atoms with E-state index in [0.29, 0.717) is 12.2 Å². The number of hydrogen-bond acceptors (Lipinski definition) is 7. The van der Waals surface area contributed by atoms with Crippen molar-refractivity contribution in [2.75, 3.05) is 45.7 Å². The van der Waals surface area contributed by atoms with Crippen molar-refractivity contribution in [1.29, 1.82) is 0 Å². The second kappa shape index (κ2) is 12.6. The largest absolute Gasteiger partial charge is 0.462 e. The topological polar surface area (TPSA) is 97.0 Å². The zero-order chi connectivity index (χ0) is 23.5. The molecule has 2 aromatic carbocycles. The molecule has 1 atom stereocenters. The molecule has 0 aliphatic rings. The Hall–Kier alpha value is -3.23. The van der Waals surface area contributed by atoms with Gasteiger partial charge in [-0.25, -0.2) is 9.59 Å². The van der Waals surface area contributed by atoms with Gasteiger partial charge in [0.2, 0.25) is 5.91 Å². The fraction of sp³-hybridized carbons (Fsp3) is 0.375. The van der Waals surface area contributed by atoms with Gasteiger partial charge in [0.1, 0.15) is 0 Å². The van der Waals surface area contributed by atoms with Crippen LogP contribution < -0.4 is 10.6 Å². The van der Waals surface area contributed by atoms with Gasteiger partial charge < -0.3 is 25.0 Å². The lowest BCUT2D eigenvalue weighted by molar-refractivity contribution is -0.115. The van der Waals surface area contributed by atoms with Gasteiger partial charge in [-0.15, -0.1) is 0 Å². The average Bonchev–Trinajstić information content (AvgIpc) is 2.77. The Morgan fingerprint density at radius 1 is 0.906 bits per heavy atom. The van der Waals surface area contributed by atoms with Crippen LogP contribution in [0.1, 0.15) is 46.2 Å². The quantitative estimate of drug-likeness (QED) is 0.518. The first-order valence-electron chi connectivity index (χ1n) is 10.6. The first-order chi connectivity index (χ1) is 15.3. The molecule has 0 aromatic heterocycles. The minimum Gasteiger partial charge on any atom is -0.462 e.